The van der Waals surface area contributed by atoms with Gasteiger partial charge in [0.2, 0.25) is 0 Å². The third kappa shape index (κ3) is 4.97. The molecule has 0 unspecified atom stereocenters. The molecule has 0 aromatic heterocycles. The van der Waals surface area contributed by atoms with Crippen molar-refractivity contribution in [1.29, 1.82) is 0 Å². The van der Waals surface area contributed by atoms with Crippen LogP contribution in [-0.2, 0) is 23.8 Å². The Balaban J connectivity index is 1.97. The van der Waals surface area contributed by atoms with Crippen LogP contribution < -0.4 is 0 Å². The third-order valence-electron chi connectivity index (χ3n) is 6.96. The molecule has 2 aromatic rings. The lowest BCUT2D eigenvalue weighted by atomic mass is 9.78. The summed E-state index contributed by atoms with van der Waals surface area (Å²) in [5.41, 5.74) is 3.87. The summed E-state index contributed by atoms with van der Waals surface area (Å²) in [6.07, 6.45) is 1.77. The Hall–Kier alpha value is -3.16. The van der Waals surface area contributed by atoms with E-state index in [-0.39, 0.29) is 17.4 Å². The molecule has 0 bridgehead atoms. The first-order chi connectivity index (χ1) is 16.8. The highest BCUT2D eigenvalue weighted by molar-refractivity contribution is 5.93. The van der Waals surface area contributed by atoms with Gasteiger partial charge in [-0.25, -0.2) is 4.79 Å². The van der Waals surface area contributed by atoms with Gasteiger partial charge in [0.15, 0.2) is 0 Å². The van der Waals surface area contributed by atoms with E-state index in [1.807, 2.05) is 62.4 Å². The molecule has 2 aliphatic rings. The Labute approximate surface area is 206 Å². The second-order valence-electron chi connectivity index (χ2n) is 9.29. The van der Waals surface area contributed by atoms with Crippen molar-refractivity contribution in [2.75, 3.05) is 27.4 Å². The second-order valence-corrected chi connectivity index (χ2v) is 9.29. The molecule has 0 amide bonds. The minimum Gasteiger partial charge on any atom is -0.511 e. The molecule has 1 fully saturated rings. The summed E-state index contributed by atoms with van der Waals surface area (Å²) < 4.78 is 16.2. The molecule has 1 saturated heterocycles. The zero-order valence-corrected chi connectivity index (χ0v) is 20.7. The fourth-order valence-corrected chi connectivity index (χ4v) is 5.17. The van der Waals surface area contributed by atoms with Gasteiger partial charge in [-0.3, -0.25) is 9.69 Å². The molecule has 2 aromatic carbocycles. The normalized spacial score (nSPS) is 24.9. The van der Waals surface area contributed by atoms with Crippen LogP contribution in [0.1, 0.15) is 47.2 Å². The van der Waals surface area contributed by atoms with E-state index in [0.29, 0.717) is 13.2 Å². The molecule has 0 saturated carbocycles. The van der Waals surface area contributed by atoms with Gasteiger partial charge in [-0.15, -0.1) is 0 Å². The van der Waals surface area contributed by atoms with Crippen LogP contribution in [0.5, 0.6) is 0 Å². The molecular formula is C28H33NO6. The van der Waals surface area contributed by atoms with E-state index in [4.69, 9.17) is 14.2 Å². The molecule has 4 atom stereocenters. The minimum absolute atomic E-state index is 0.0492. The minimum atomic E-state index is -1.10. The average molecular weight is 480 g/mol. The highest BCUT2D eigenvalue weighted by atomic mass is 16.5. The van der Waals surface area contributed by atoms with Crippen molar-refractivity contribution in [2.24, 2.45) is 5.92 Å². The maximum atomic E-state index is 13.1. The maximum Gasteiger partial charge on any atom is 0.339 e. The summed E-state index contributed by atoms with van der Waals surface area (Å²) >= 11 is 0. The zero-order chi connectivity index (χ0) is 25.1. The molecule has 7 nitrogen and oxygen atoms in total. The quantitative estimate of drug-likeness (QED) is 0.617. The topological polar surface area (TPSA) is 85.3 Å². The van der Waals surface area contributed by atoms with Crippen LogP contribution in [0, 0.1) is 19.8 Å². The molecule has 0 spiro atoms. The summed E-state index contributed by atoms with van der Waals surface area (Å²) in [5, 5.41) is 11.5. The van der Waals surface area contributed by atoms with E-state index in [2.05, 4.69) is 4.90 Å². The largest absolute Gasteiger partial charge is 0.511 e. The molecule has 186 valence electrons. The molecule has 2 aliphatic heterocycles. The molecule has 7 heteroatoms. The van der Waals surface area contributed by atoms with Crippen molar-refractivity contribution in [1.82, 2.24) is 4.90 Å². The number of hydrogen-bond acceptors (Lipinski definition) is 7. The molecule has 0 aliphatic carbocycles. The number of benzene rings is 2. The standard InChI is InChI=1S/C28H33NO6/c1-17-7-11-19(12-8-17)24-22(27(31)33-3)26(30)23(28(32)34-4)25(20-13-9-18(2)10-14-20)29(24)16-21-6-5-15-35-21/h7-14,21-22,24-25,30H,5-6,15-16H2,1-4H3/t21-,22-,24+,25-/m0/s1. The molecule has 2 heterocycles. The lowest BCUT2D eigenvalue weighted by Crippen LogP contribution is -2.49. The number of carbonyl (C=O) groups is 2. The number of aliphatic hydroxyl groups is 1. The monoisotopic (exact) mass is 479 g/mol. The summed E-state index contributed by atoms with van der Waals surface area (Å²) in [7, 11) is 2.56. The van der Waals surface area contributed by atoms with E-state index in [1.54, 1.807) is 0 Å². The Morgan fingerprint density at radius 2 is 1.57 bits per heavy atom. The van der Waals surface area contributed by atoms with Gasteiger partial charge in [0.05, 0.1) is 38.0 Å². The summed E-state index contributed by atoms with van der Waals surface area (Å²) in [5.74, 6) is -2.71. The van der Waals surface area contributed by atoms with Crippen molar-refractivity contribution in [3.63, 3.8) is 0 Å². The van der Waals surface area contributed by atoms with E-state index in [1.165, 1.54) is 14.2 Å². The van der Waals surface area contributed by atoms with Crippen molar-refractivity contribution < 1.29 is 28.9 Å². The first kappa shape index (κ1) is 24.9. The third-order valence-corrected chi connectivity index (χ3v) is 6.96. The molecule has 1 N–H and O–H groups in total. The van der Waals surface area contributed by atoms with Crippen molar-refractivity contribution >= 4 is 11.9 Å². The summed E-state index contributed by atoms with van der Waals surface area (Å²) in [4.78, 5) is 28.3. The predicted octanol–water partition coefficient (Wildman–Crippen LogP) is 4.35. The van der Waals surface area contributed by atoms with Gasteiger partial charge in [-0.05, 0) is 37.8 Å². The SMILES string of the molecule is COC(=O)C1=C(O)[C@@H](C(=O)OC)[C@@H](c2ccc(C)cc2)N(C[C@@H]2CCCO2)[C@H]1c1ccc(C)cc1. The average Bonchev–Trinajstić information content (AvgIpc) is 3.38. The predicted molar refractivity (Wildman–Crippen MR) is 131 cm³/mol. The number of nitrogens with zero attached hydrogens (tertiary/aromatic N) is 1. The van der Waals surface area contributed by atoms with E-state index in [0.717, 1.165) is 35.1 Å². The first-order valence-corrected chi connectivity index (χ1v) is 11.9. The number of hydrogen-bond donors (Lipinski definition) is 1. The van der Waals surface area contributed by atoms with Crippen LogP contribution in [0.2, 0.25) is 0 Å². The van der Waals surface area contributed by atoms with Gasteiger partial charge >= 0.3 is 11.9 Å². The number of aryl methyl sites for hydroxylation is 2. The van der Waals surface area contributed by atoms with E-state index >= 15 is 0 Å². The van der Waals surface area contributed by atoms with Gasteiger partial charge in [0.25, 0.3) is 0 Å². The van der Waals surface area contributed by atoms with Crippen LogP contribution in [0.4, 0.5) is 0 Å². The highest BCUT2D eigenvalue weighted by Crippen LogP contribution is 2.48. The van der Waals surface area contributed by atoms with E-state index < -0.39 is 29.9 Å². The molecule has 35 heavy (non-hydrogen) atoms. The van der Waals surface area contributed by atoms with Crippen LogP contribution in [0.3, 0.4) is 0 Å². The van der Waals surface area contributed by atoms with E-state index in [9.17, 15) is 14.7 Å². The number of carbonyl (C=O) groups excluding carboxylic acids is 2. The van der Waals surface area contributed by atoms with Crippen molar-refractivity contribution in [3.8, 4) is 0 Å². The van der Waals surface area contributed by atoms with Crippen LogP contribution >= 0.6 is 0 Å². The van der Waals surface area contributed by atoms with Gasteiger partial charge < -0.3 is 19.3 Å². The maximum absolute atomic E-state index is 13.1. The van der Waals surface area contributed by atoms with Crippen molar-refractivity contribution in [2.45, 2.75) is 44.9 Å². The number of ether oxygens (including phenoxy) is 3. The fourth-order valence-electron chi connectivity index (χ4n) is 5.17. The smallest absolute Gasteiger partial charge is 0.339 e. The number of methoxy groups -OCH3 is 2. The Bertz CT molecular complexity index is 1090. The number of esters is 2. The molecule has 4 rings (SSSR count). The number of aliphatic hydroxyl groups excluding tert-OH is 1. The van der Waals surface area contributed by atoms with Crippen LogP contribution in [-0.4, -0.2) is 55.4 Å². The highest BCUT2D eigenvalue weighted by Gasteiger charge is 2.50. The summed E-state index contributed by atoms with van der Waals surface area (Å²) in [6, 6.07) is 14.5. The lowest BCUT2D eigenvalue weighted by molar-refractivity contribution is -0.150. The Kier molecular flexibility index (Phi) is 7.57. The van der Waals surface area contributed by atoms with Gasteiger partial charge in [-0.2, -0.15) is 0 Å². The van der Waals surface area contributed by atoms with Gasteiger partial charge in [0.1, 0.15) is 11.7 Å². The number of rotatable bonds is 6. The lowest BCUT2D eigenvalue weighted by Gasteiger charge is -2.46. The second kappa shape index (κ2) is 10.6. The van der Waals surface area contributed by atoms with Crippen molar-refractivity contribution in [3.05, 3.63) is 82.1 Å². The Morgan fingerprint density at radius 3 is 2.09 bits per heavy atom. The zero-order valence-electron chi connectivity index (χ0n) is 20.7. The van der Waals surface area contributed by atoms with Crippen LogP contribution in [0.15, 0.2) is 59.9 Å². The van der Waals surface area contributed by atoms with Gasteiger partial charge in [0, 0.05) is 13.2 Å². The Morgan fingerprint density at radius 1 is 0.971 bits per heavy atom. The fraction of sp³-hybridized carbons (Fsp3) is 0.429. The summed E-state index contributed by atoms with van der Waals surface area (Å²) in [6.45, 7) is 5.13. The molecular weight excluding hydrogens is 446 g/mol. The van der Waals surface area contributed by atoms with Crippen LogP contribution in [0.25, 0.3) is 0 Å². The first-order valence-electron chi connectivity index (χ1n) is 11.9. The molecule has 0 radical (unpaired) electrons. The van der Waals surface area contributed by atoms with Gasteiger partial charge in [-0.1, -0.05) is 59.7 Å².